The summed E-state index contributed by atoms with van der Waals surface area (Å²) in [5.74, 6) is -1.47. The van der Waals surface area contributed by atoms with E-state index in [1.165, 1.54) is 6.07 Å². The summed E-state index contributed by atoms with van der Waals surface area (Å²) in [4.78, 5) is 0. The Balaban J connectivity index is 2.14. The van der Waals surface area contributed by atoms with Gasteiger partial charge in [0.05, 0.1) is 12.2 Å². The Bertz CT molecular complexity index is 851. The first-order valence-corrected chi connectivity index (χ1v) is 7.13. The van der Waals surface area contributed by atoms with Gasteiger partial charge in [0.15, 0.2) is 17.4 Å². The minimum Gasteiger partial charge on any atom is -0.391 e. The van der Waals surface area contributed by atoms with Gasteiger partial charge < -0.3 is 9.63 Å². The number of aromatic nitrogens is 1. The zero-order chi connectivity index (χ0) is 16.6. The van der Waals surface area contributed by atoms with E-state index in [9.17, 15) is 13.9 Å². The fraction of sp³-hybridized carbons (Fsp3) is 0.167. The normalized spacial score (nSPS) is 11.0. The minimum absolute atomic E-state index is 0.306. The first-order chi connectivity index (χ1) is 11.0. The van der Waals surface area contributed by atoms with Crippen LogP contribution in [0.15, 0.2) is 40.9 Å². The summed E-state index contributed by atoms with van der Waals surface area (Å²) in [5.41, 5.74) is 3.99. The number of nitrogens with zero attached hydrogens (tertiary/aromatic N) is 1. The number of hydrogen-bond acceptors (Lipinski definition) is 3. The molecule has 1 N–H and O–H groups in total. The quantitative estimate of drug-likeness (QED) is 0.779. The Kier molecular flexibility index (Phi) is 3.96. The minimum atomic E-state index is -0.970. The Morgan fingerprint density at radius 1 is 0.957 bits per heavy atom. The van der Waals surface area contributed by atoms with E-state index >= 15 is 0 Å². The molecule has 0 fully saturated rings. The largest absolute Gasteiger partial charge is 0.391 e. The third-order valence-electron chi connectivity index (χ3n) is 3.62. The van der Waals surface area contributed by atoms with Crippen molar-refractivity contribution in [1.29, 1.82) is 0 Å². The summed E-state index contributed by atoms with van der Waals surface area (Å²) >= 11 is 0. The molecular weight excluding hydrogens is 300 g/mol. The first-order valence-electron chi connectivity index (χ1n) is 7.13. The molecule has 3 aromatic rings. The molecule has 0 saturated carbocycles. The molecule has 0 aliphatic rings. The van der Waals surface area contributed by atoms with Gasteiger partial charge in [-0.25, -0.2) is 8.78 Å². The van der Waals surface area contributed by atoms with E-state index in [1.54, 1.807) is 0 Å². The molecule has 1 aromatic heterocycles. The molecule has 0 aliphatic heterocycles. The van der Waals surface area contributed by atoms with Gasteiger partial charge in [0.2, 0.25) is 0 Å². The van der Waals surface area contributed by atoms with E-state index < -0.39 is 11.6 Å². The maximum Gasteiger partial charge on any atom is 0.173 e. The van der Waals surface area contributed by atoms with Crippen LogP contribution in [0.4, 0.5) is 8.78 Å². The van der Waals surface area contributed by atoms with Crippen LogP contribution in [0.25, 0.3) is 22.6 Å². The monoisotopic (exact) mass is 315 g/mol. The predicted molar refractivity (Wildman–Crippen MR) is 82.7 cm³/mol. The van der Waals surface area contributed by atoms with Gasteiger partial charge in [0, 0.05) is 11.1 Å². The molecule has 2 aromatic carbocycles. The molecule has 0 radical (unpaired) electrons. The summed E-state index contributed by atoms with van der Waals surface area (Å²) in [5, 5.41) is 13.6. The molecule has 0 spiro atoms. The van der Waals surface area contributed by atoms with Crippen LogP contribution in [0.5, 0.6) is 0 Å². The van der Waals surface area contributed by atoms with E-state index in [4.69, 9.17) is 4.52 Å². The summed E-state index contributed by atoms with van der Waals surface area (Å²) in [7, 11) is 0. The average molecular weight is 315 g/mol. The lowest BCUT2D eigenvalue weighted by molar-refractivity contribution is 0.281. The van der Waals surface area contributed by atoms with Crippen LogP contribution in [-0.4, -0.2) is 10.3 Å². The van der Waals surface area contributed by atoms with Gasteiger partial charge in [0.1, 0.15) is 5.69 Å². The lowest BCUT2D eigenvalue weighted by atomic mass is 10.00. The Morgan fingerprint density at radius 3 is 2.26 bits per heavy atom. The van der Waals surface area contributed by atoms with E-state index in [2.05, 4.69) is 5.16 Å². The van der Waals surface area contributed by atoms with E-state index in [0.717, 1.165) is 28.8 Å². The molecule has 1 heterocycles. The van der Waals surface area contributed by atoms with Gasteiger partial charge in [-0.15, -0.1) is 0 Å². The van der Waals surface area contributed by atoms with Crippen LogP contribution in [0.3, 0.4) is 0 Å². The maximum atomic E-state index is 13.4. The SMILES string of the molecule is Cc1cc(C)cc(-c2onc(-c3ccc(F)c(F)c3)c2CO)c1. The van der Waals surface area contributed by atoms with Gasteiger partial charge in [-0.3, -0.25) is 0 Å². The molecule has 5 heteroatoms. The van der Waals surface area contributed by atoms with Crippen molar-refractivity contribution in [3.05, 3.63) is 64.7 Å². The second-order valence-electron chi connectivity index (χ2n) is 5.50. The average Bonchev–Trinajstić information content (AvgIpc) is 2.93. The van der Waals surface area contributed by atoms with Crippen LogP contribution in [0.1, 0.15) is 16.7 Å². The molecule has 0 saturated heterocycles. The molecule has 0 amide bonds. The van der Waals surface area contributed by atoms with Crippen LogP contribution in [0.2, 0.25) is 0 Å². The van der Waals surface area contributed by atoms with Crippen molar-refractivity contribution in [3.63, 3.8) is 0 Å². The Hall–Kier alpha value is -2.53. The number of halogens is 2. The van der Waals surface area contributed by atoms with Crippen molar-refractivity contribution in [2.75, 3.05) is 0 Å². The highest BCUT2D eigenvalue weighted by Crippen LogP contribution is 2.33. The van der Waals surface area contributed by atoms with Crippen molar-refractivity contribution in [3.8, 4) is 22.6 Å². The third-order valence-corrected chi connectivity index (χ3v) is 3.62. The number of aliphatic hydroxyl groups is 1. The van der Waals surface area contributed by atoms with Gasteiger partial charge in [-0.05, 0) is 44.2 Å². The maximum absolute atomic E-state index is 13.4. The topological polar surface area (TPSA) is 46.3 Å². The Morgan fingerprint density at radius 2 is 1.65 bits per heavy atom. The second kappa shape index (κ2) is 5.93. The molecule has 118 valence electrons. The third kappa shape index (κ3) is 2.87. The molecule has 0 atom stereocenters. The van der Waals surface area contributed by atoms with Gasteiger partial charge in [0.25, 0.3) is 0 Å². The predicted octanol–water partition coefficient (Wildman–Crippen LogP) is 4.40. The number of benzene rings is 2. The number of hydrogen-bond donors (Lipinski definition) is 1. The lowest BCUT2D eigenvalue weighted by Gasteiger charge is -2.04. The zero-order valence-corrected chi connectivity index (χ0v) is 12.7. The number of rotatable bonds is 3. The molecule has 0 unspecified atom stereocenters. The van der Waals surface area contributed by atoms with Gasteiger partial charge >= 0.3 is 0 Å². The van der Waals surface area contributed by atoms with E-state index in [1.807, 2.05) is 32.0 Å². The molecule has 0 aliphatic carbocycles. The fourth-order valence-corrected chi connectivity index (χ4v) is 2.66. The molecule has 3 nitrogen and oxygen atoms in total. The van der Waals surface area contributed by atoms with Crippen LogP contribution in [0, 0.1) is 25.5 Å². The highest BCUT2D eigenvalue weighted by molar-refractivity contribution is 5.73. The summed E-state index contributed by atoms with van der Waals surface area (Å²) < 4.78 is 31.9. The molecule has 23 heavy (non-hydrogen) atoms. The molecule has 3 rings (SSSR count). The van der Waals surface area contributed by atoms with Crippen molar-refractivity contribution in [1.82, 2.24) is 5.16 Å². The summed E-state index contributed by atoms with van der Waals surface area (Å²) in [6, 6.07) is 9.33. The van der Waals surface area contributed by atoms with Gasteiger partial charge in [-0.1, -0.05) is 22.3 Å². The van der Waals surface area contributed by atoms with Crippen LogP contribution < -0.4 is 0 Å². The summed E-state index contributed by atoms with van der Waals surface area (Å²) in [6.07, 6.45) is 0. The molecule has 0 bridgehead atoms. The zero-order valence-electron chi connectivity index (χ0n) is 12.7. The molecular formula is C18H15F2NO2. The highest BCUT2D eigenvalue weighted by Gasteiger charge is 2.19. The first kappa shape index (κ1) is 15.4. The van der Waals surface area contributed by atoms with Gasteiger partial charge in [-0.2, -0.15) is 0 Å². The summed E-state index contributed by atoms with van der Waals surface area (Å²) in [6.45, 7) is 3.60. The van der Waals surface area contributed by atoms with E-state index in [0.29, 0.717) is 22.6 Å². The van der Waals surface area contributed by atoms with Crippen molar-refractivity contribution < 1.29 is 18.4 Å². The van der Waals surface area contributed by atoms with Crippen LogP contribution in [-0.2, 0) is 6.61 Å². The number of aryl methyl sites for hydroxylation is 2. The lowest BCUT2D eigenvalue weighted by Crippen LogP contribution is -1.92. The number of aliphatic hydroxyl groups excluding tert-OH is 1. The highest BCUT2D eigenvalue weighted by atomic mass is 19.2. The van der Waals surface area contributed by atoms with Crippen molar-refractivity contribution >= 4 is 0 Å². The van der Waals surface area contributed by atoms with Crippen LogP contribution >= 0.6 is 0 Å². The Labute approximate surface area is 132 Å². The fourth-order valence-electron chi connectivity index (χ4n) is 2.66. The standard InChI is InChI=1S/C18H15F2NO2/c1-10-5-11(2)7-13(6-10)18-14(9-22)17(21-23-18)12-3-4-15(19)16(20)8-12/h3-8,22H,9H2,1-2H3. The smallest absolute Gasteiger partial charge is 0.173 e. The van der Waals surface area contributed by atoms with Crippen molar-refractivity contribution in [2.45, 2.75) is 20.5 Å². The van der Waals surface area contributed by atoms with Crippen molar-refractivity contribution in [2.24, 2.45) is 0 Å². The van der Waals surface area contributed by atoms with E-state index in [-0.39, 0.29) is 6.61 Å². The second-order valence-corrected chi connectivity index (χ2v) is 5.50.